The van der Waals surface area contributed by atoms with Gasteiger partial charge in [-0.25, -0.2) is 0 Å². The lowest BCUT2D eigenvalue weighted by Crippen LogP contribution is -2.23. The van der Waals surface area contributed by atoms with Crippen LogP contribution in [0.5, 0.6) is 5.75 Å². The van der Waals surface area contributed by atoms with E-state index in [0.29, 0.717) is 19.5 Å². The van der Waals surface area contributed by atoms with E-state index in [9.17, 15) is 4.79 Å². The molecule has 0 heterocycles. The van der Waals surface area contributed by atoms with Crippen LogP contribution >= 0.6 is 0 Å². The molecule has 3 N–H and O–H groups in total. The second kappa shape index (κ2) is 6.85. The zero-order valence-electron chi connectivity index (χ0n) is 9.53. The van der Waals surface area contributed by atoms with E-state index in [1.54, 1.807) is 7.11 Å². The fraction of sp³-hybridized carbons (Fsp3) is 0.417. The number of methoxy groups -OCH3 is 1. The highest BCUT2D eigenvalue weighted by Crippen LogP contribution is 2.10. The number of benzene rings is 1. The first-order chi connectivity index (χ1) is 7.76. The number of rotatable bonds is 6. The molecule has 1 amide bonds. The van der Waals surface area contributed by atoms with E-state index >= 15 is 0 Å². The number of hydrogen-bond acceptors (Lipinski definition) is 3. The summed E-state index contributed by atoms with van der Waals surface area (Å²) in [5, 5.41) is 2.84. The Kier molecular flexibility index (Phi) is 5.36. The SMILES string of the molecule is COc1ccc(CNC(=O)CCCN)cc1. The second-order valence-corrected chi connectivity index (χ2v) is 3.52. The van der Waals surface area contributed by atoms with Crippen LogP contribution in [0, 0.1) is 0 Å². The Morgan fingerprint density at radius 2 is 2.06 bits per heavy atom. The predicted octanol–water partition coefficient (Wildman–Crippen LogP) is 1.05. The molecule has 0 aliphatic rings. The maximum absolute atomic E-state index is 11.3. The van der Waals surface area contributed by atoms with E-state index in [2.05, 4.69) is 5.32 Å². The number of carbonyl (C=O) groups is 1. The van der Waals surface area contributed by atoms with Crippen molar-refractivity contribution in [2.24, 2.45) is 5.73 Å². The van der Waals surface area contributed by atoms with Crippen LogP contribution in [0.15, 0.2) is 24.3 Å². The Balaban J connectivity index is 2.33. The van der Waals surface area contributed by atoms with Crippen molar-refractivity contribution in [1.82, 2.24) is 5.32 Å². The van der Waals surface area contributed by atoms with Gasteiger partial charge in [-0.15, -0.1) is 0 Å². The highest BCUT2D eigenvalue weighted by atomic mass is 16.5. The Hall–Kier alpha value is -1.55. The van der Waals surface area contributed by atoms with Crippen LogP contribution in [0.2, 0.25) is 0 Å². The molecule has 1 aromatic rings. The molecule has 4 heteroatoms. The number of carbonyl (C=O) groups excluding carboxylic acids is 1. The molecule has 0 atom stereocenters. The van der Waals surface area contributed by atoms with Crippen LogP contribution in [0.4, 0.5) is 0 Å². The maximum Gasteiger partial charge on any atom is 0.220 e. The molecule has 88 valence electrons. The Labute approximate surface area is 95.8 Å². The number of hydrogen-bond donors (Lipinski definition) is 2. The summed E-state index contributed by atoms with van der Waals surface area (Å²) in [6.07, 6.45) is 1.22. The zero-order chi connectivity index (χ0) is 11.8. The fourth-order valence-corrected chi connectivity index (χ4v) is 1.30. The lowest BCUT2D eigenvalue weighted by Gasteiger charge is -2.05. The summed E-state index contributed by atoms with van der Waals surface area (Å²) in [6.45, 7) is 1.10. The van der Waals surface area contributed by atoms with Gasteiger partial charge in [0.15, 0.2) is 0 Å². The average Bonchev–Trinajstić information content (AvgIpc) is 2.34. The van der Waals surface area contributed by atoms with Gasteiger partial charge >= 0.3 is 0 Å². The molecule has 0 aromatic heterocycles. The van der Waals surface area contributed by atoms with Crippen molar-refractivity contribution in [3.63, 3.8) is 0 Å². The molecule has 0 aliphatic heterocycles. The quantitative estimate of drug-likeness (QED) is 0.756. The smallest absolute Gasteiger partial charge is 0.220 e. The fourth-order valence-electron chi connectivity index (χ4n) is 1.30. The van der Waals surface area contributed by atoms with Crippen LogP contribution in [0.3, 0.4) is 0 Å². The third-order valence-electron chi connectivity index (χ3n) is 2.26. The van der Waals surface area contributed by atoms with Crippen LogP contribution in [-0.4, -0.2) is 19.6 Å². The standard InChI is InChI=1S/C12H18N2O2/c1-16-11-6-4-10(5-7-11)9-14-12(15)3-2-8-13/h4-7H,2-3,8-9,13H2,1H3,(H,14,15). The van der Waals surface area contributed by atoms with Crippen molar-refractivity contribution in [1.29, 1.82) is 0 Å². The first kappa shape index (κ1) is 12.5. The van der Waals surface area contributed by atoms with Gasteiger partial charge in [-0.2, -0.15) is 0 Å². The highest BCUT2D eigenvalue weighted by Gasteiger charge is 2.00. The van der Waals surface area contributed by atoms with Crippen LogP contribution in [0.25, 0.3) is 0 Å². The lowest BCUT2D eigenvalue weighted by atomic mass is 10.2. The number of nitrogens with two attached hydrogens (primary N) is 1. The number of amides is 1. The molecular formula is C12H18N2O2. The maximum atomic E-state index is 11.3. The largest absolute Gasteiger partial charge is 0.497 e. The van der Waals surface area contributed by atoms with Crippen molar-refractivity contribution in [2.45, 2.75) is 19.4 Å². The van der Waals surface area contributed by atoms with Crippen molar-refractivity contribution in [2.75, 3.05) is 13.7 Å². The van der Waals surface area contributed by atoms with Gasteiger partial charge in [-0.3, -0.25) is 4.79 Å². The van der Waals surface area contributed by atoms with E-state index in [1.807, 2.05) is 24.3 Å². The van der Waals surface area contributed by atoms with Gasteiger partial charge in [0.05, 0.1) is 7.11 Å². The molecule has 0 saturated carbocycles. The van der Waals surface area contributed by atoms with Crippen molar-refractivity contribution in [3.8, 4) is 5.75 Å². The molecule has 0 aliphatic carbocycles. The van der Waals surface area contributed by atoms with Gasteiger partial charge in [-0.05, 0) is 30.7 Å². The minimum atomic E-state index is 0.0428. The van der Waals surface area contributed by atoms with Gasteiger partial charge in [0.25, 0.3) is 0 Å². The minimum absolute atomic E-state index is 0.0428. The van der Waals surface area contributed by atoms with E-state index in [1.165, 1.54) is 0 Å². The van der Waals surface area contributed by atoms with Gasteiger partial charge in [0, 0.05) is 13.0 Å². The van der Waals surface area contributed by atoms with E-state index in [4.69, 9.17) is 10.5 Å². The lowest BCUT2D eigenvalue weighted by molar-refractivity contribution is -0.121. The summed E-state index contributed by atoms with van der Waals surface area (Å²) in [4.78, 5) is 11.3. The van der Waals surface area contributed by atoms with Crippen molar-refractivity contribution in [3.05, 3.63) is 29.8 Å². The molecule has 0 spiro atoms. The summed E-state index contributed by atoms with van der Waals surface area (Å²) in [6, 6.07) is 7.62. The van der Waals surface area contributed by atoms with Crippen LogP contribution in [-0.2, 0) is 11.3 Å². The highest BCUT2D eigenvalue weighted by molar-refractivity contribution is 5.75. The van der Waals surface area contributed by atoms with Crippen LogP contribution in [0.1, 0.15) is 18.4 Å². The summed E-state index contributed by atoms with van der Waals surface area (Å²) >= 11 is 0. The predicted molar refractivity (Wildman–Crippen MR) is 63.1 cm³/mol. The third-order valence-corrected chi connectivity index (χ3v) is 2.26. The second-order valence-electron chi connectivity index (χ2n) is 3.52. The molecule has 0 saturated heterocycles. The molecule has 0 fully saturated rings. The van der Waals surface area contributed by atoms with Crippen molar-refractivity contribution < 1.29 is 9.53 Å². The Morgan fingerprint density at radius 3 is 2.62 bits per heavy atom. The number of nitrogens with one attached hydrogen (secondary N) is 1. The third kappa shape index (κ3) is 4.31. The molecular weight excluding hydrogens is 204 g/mol. The topological polar surface area (TPSA) is 64.3 Å². The van der Waals surface area contributed by atoms with E-state index in [0.717, 1.165) is 17.7 Å². The van der Waals surface area contributed by atoms with Gasteiger partial charge in [0.1, 0.15) is 5.75 Å². The zero-order valence-corrected chi connectivity index (χ0v) is 9.53. The van der Waals surface area contributed by atoms with Gasteiger partial charge in [0.2, 0.25) is 5.91 Å². The first-order valence-corrected chi connectivity index (χ1v) is 5.36. The molecule has 1 rings (SSSR count). The molecule has 0 bridgehead atoms. The van der Waals surface area contributed by atoms with Gasteiger partial charge < -0.3 is 15.8 Å². The first-order valence-electron chi connectivity index (χ1n) is 5.36. The Morgan fingerprint density at radius 1 is 1.38 bits per heavy atom. The summed E-state index contributed by atoms with van der Waals surface area (Å²) in [5.41, 5.74) is 6.38. The normalized spacial score (nSPS) is 9.88. The van der Waals surface area contributed by atoms with Gasteiger partial charge in [-0.1, -0.05) is 12.1 Å². The number of ether oxygens (including phenoxy) is 1. The average molecular weight is 222 g/mol. The molecule has 0 radical (unpaired) electrons. The van der Waals surface area contributed by atoms with Crippen LogP contribution < -0.4 is 15.8 Å². The molecule has 16 heavy (non-hydrogen) atoms. The monoisotopic (exact) mass is 222 g/mol. The van der Waals surface area contributed by atoms with Crippen molar-refractivity contribution >= 4 is 5.91 Å². The molecule has 4 nitrogen and oxygen atoms in total. The van der Waals surface area contributed by atoms with E-state index < -0.39 is 0 Å². The Bertz CT molecular complexity index is 322. The summed E-state index contributed by atoms with van der Waals surface area (Å²) < 4.78 is 5.05. The summed E-state index contributed by atoms with van der Waals surface area (Å²) in [5.74, 6) is 0.861. The summed E-state index contributed by atoms with van der Waals surface area (Å²) in [7, 11) is 1.63. The molecule has 0 unspecified atom stereocenters. The van der Waals surface area contributed by atoms with E-state index in [-0.39, 0.29) is 5.91 Å². The molecule has 1 aromatic carbocycles. The minimum Gasteiger partial charge on any atom is -0.497 e.